The summed E-state index contributed by atoms with van der Waals surface area (Å²) in [5.41, 5.74) is 3.10. The molecular formula is C12H10FNO. The van der Waals surface area contributed by atoms with Gasteiger partial charge in [-0.3, -0.25) is 4.79 Å². The Hall–Kier alpha value is -1.64. The van der Waals surface area contributed by atoms with Gasteiger partial charge in [-0.05, 0) is 31.0 Å². The normalized spacial score (nSPS) is 14.9. The molecule has 1 aromatic carbocycles. The molecule has 1 aromatic heterocycles. The van der Waals surface area contributed by atoms with E-state index in [2.05, 4.69) is 4.98 Å². The standard InChI is InChI=1S/C12H10FNO/c1-6-9(13)4-2-7-8-3-5-10(15)12(8)14-11(6)7/h2,4,14H,3,5H2,1H3. The summed E-state index contributed by atoms with van der Waals surface area (Å²) in [5.74, 6) is -0.0871. The minimum absolute atomic E-state index is 0.140. The van der Waals surface area contributed by atoms with Gasteiger partial charge in [0, 0.05) is 17.4 Å². The van der Waals surface area contributed by atoms with Gasteiger partial charge in [0.25, 0.3) is 0 Å². The molecular weight excluding hydrogens is 193 g/mol. The second-order valence-corrected chi connectivity index (χ2v) is 4.00. The van der Waals surface area contributed by atoms with E-state index in [0.717, 1.165) is 22.9 Å². The molecule has 3 heteroatoms. The Morgan fingerprint density at radius 2 is 2.13 bits per heavy atom. The number of hydrogen-bond acceptors (Lipinski definition) is 1. The molecule has 0 bridgehead atoms. The molecule has 76 valence electrons. The van der Waals surface area contributed by atoms with E-state index in [1.54, 1.807) is 13.0 Å². The number of aromatic nitrogens is 1. The van der Waals surface area contributed by atoms with Gasteiger partial charge in [0.2, 0.25) is 0 Å². The molecule has 1 aliphatic rings. The van der Waals surface area contributed by atoms with Crippen molar-refractivity contribution in [3.05, 3.63) is 34.8 Å². The summed E-state index contributed by atoms with van der Waals surface area (Å²) >= 11 is 0. The van der Waals surface area contributed by atoms with Gasteiger partial charge >= 0.3 is 0 Å². The lowest BCUT2D eigenvalue weighted by Gasteiger charge is -1.99. The minimum atomic E-state index is -0.227. The molecule has 2 nitrogen and oxygen atoms in total. The molecule has 0 amide bonds. The van der Waals surface area contributed by atoms with Crippen LogP contribution in [0.25, 0.3) is 10.9 Å². The Balaban J connectivity index is 2.44. The zero-order valence-electron chi connectivity index (χ0n) is 8.36. The van der Waals surface area contributed by atoms with Crippen molar-refractivity contribution in [1.29, 1.82) is 0 Å². The van der Waals surface area contributed by atoms with Crippen molar-refractivity contribution in [3.63, 3.8) is 0 Å². The highest BCUT2D eigenvalue weighted by atomic mass is 19.1. The number of benzene rings is 1. The molecule has 0 unspecified atom stereocenters. The molecule has 1 N–H and O–H groups in total. The fourth-order valence-electron chi connectivity index (χ4n) is 2.30. The Labute approximate surface area is 86.1 Å². The maximum atomic E-state index is 13.3. The van der Waals surface area contributed by atoms with E-state index in [-0.39, 0.29) is 11.6 Å². The van der Waals surface area contributed by atoms with Gasteiger partial charge in [0.05, 0.1) is 11.2 Å². The first-order valence-electron chi connectivity index (χ1n) is 5.01. The molecule has 3 rings (SSSR count). The second kappa shape index (κ2) is 2.69. The topological polar surface area (TPSA) is 32.9 Å². The van der Waals surface area contributed by atoms with E-state index in [1.807, 2.05) is 0 Å². The number of carbonyl (C=O) groups excluding carboxylic acids is 1. The van der Waals surface area contributed by atoms with Gasteiger partial charge in [0.15, 0.2) is 5.78 Å². The lowest BCUT2D eigenvalue weighted by atomic mass is 10.1. The first-order valence-corrected chi connectivity index (χ1v) is 5.01. The van der Waals surface area contributed by atoms with Crippen LogP contribution in [0, 0.1) is 12.7 Å². The Bertz CT molecular complexity index is 583. The monoisotopic (exact) mass is 203 g/mol. The highest BCUT2D eigenvalue weighted by molar-refractivity contribution is 6.05. The van der Waals surface area contributed by atoms with Crippen molar-refractivity contribution in [2.75, 3.05) is 0 Å². The zero-order chi connectivity index (χ0) is 10.6. The second-order valence-electron chi connectivity index (χ2n) is 4.00. The summed E-state index contributed by atoms with van der Waals surface area (Å²) in [4.78, 5) is 14.6. The van der Waals surface area contributed by atoms with Gasteiger partial charge in [-0.2, -0.15) is 0 Å². The molecule has 1 heterocycles. The number of aryl methyl sites for hydroxylation is 2. The lowest BCUT2D eigenvalue weighted by molar-refractivity contribution is 0.0990. The van der Waals surface area contributed by atoms with Crippen molar-refractivity contribution in [2.45, 2.75) is 19.8 Å². The van der Waals surface area contributed by atoms with Crippen LogP contribution >= 0.6 is 0 Å². The van der Waals surface area contributed by atoms with Crippen molar-refractivity contribution in [2.24, 2.45) is 0 Å². The van der Waals surface area contributed by atoms with Crippen LogP contribution in [0.5, 0.6) is 0 Å². The summed E-state index contributed by atoms with van der Waals surface area (Å²) in [6, 6.07) is 3.22. The third-order valence-electron chi connectivity index (χ3n) is 3.16. The first-order chi connectivity index (χ1) is 7.18. The predicted molar refractivity (Wildman–Crippen MR) is 55.6 cm³/mol. The first kappa shape index (κ1) is 8.65. The maximum Gasteiger partial charge on any atom is 0.179 e. The average molecular weight is 203 g/mol. The van der Waals surface area contributed by atoms with E-state index in [4.69, 9.17) is 0 Å². The van der Waals surface area contributed by atoms with Gasteiger partial charge in [-0.1, -0.05) is 0 Å². The van der Waals surface area contributed by atoms with Gasteiger partial charge in [-0.25, -0.2) is 4.39 Å². The number of carbonyl (C=O) groups is 1. The predicted octanol–water partition coefficient (Wildman–Crippen LogP) is 2.74. The Kier molecular flexibility index (Phi) is 1.55. The molecule has 2 aromatic rings. The summed E-state index contributed by atoms with van der Waals surface area (Å²) in [5, 5.41) is 0.995. The van der Waals surface area contributed by atoms with E-state index < -0.39 is 0 Å². The molecule has 0 atom stereocenters. The van der Waals surface area contributed by atoms with Crippen molar-refractivity contribution in [3.8, 4) is 0 Å². The van der Waals surface area contributed by atoms with Crippen LogP contribution in [0.2, 0.25) is 0 Å². The summed E-state index contributed by atoms with van der Waals surface area (Å²) < 4.78 is 13.3. The Morgan fingerprint density at radius 3 is 2.93 bits per heavy atom. The molecule has 0 spiro atoms. The van der Waals surface area contributed by atoms with Crippen LogP contribution in [-0.2, 0) is 6.42 Å². The van der Waals surface area contributed by atoms with E-state index in [9.17, 15) is 9.18 Å². The van der Waals surface area contributed by atoms with Crippen LogP contribution in [0.3, 0.4) is 0 Å². The highest BCUT2D eigenvalue weighted by Crippen LogP contribution is 2.32. The van der Waals surface area contributed by atoms with Crippen LogP contribution in [-0.4, -0.2) is 10.8 Å². The number of aromatic amines is 1. The zero-order valence-corrected chi connectivity index (χ0v) is 8.36. The number of halogens is 1. The molecule has 0 saturated carbocycles. The quantitative estimate of drug-likeness (QED) is 0.701. The number of ketones is 1. The van der Waals surface area contributed by atoms with Crippen LogP contribution in [0.4, 0.5) is 4.39 Å². The number of fused-ring (bicyclic) bond motifs is 3. The van der Waals surface area contributed by atoms with Crippen LogP contribution < -0.4 is 0 Å². The Morgan fingerprint density at radius 1 is 1.33 bits per heavy atom. The fourth-order valence-corrected chi connectivity index (χ4v) is 2.30. The summed E-state index contributed by atoms with van der Waals surface area (Å²) in [6.07, 6.45) is 1.35. The highest BCUT2D eigenvalue weighted by Gasteiger charge is 2.24. The molecule has 0 aliphatic heterocycles. The third-order valence-corrected chi connectivity index (χ3v) is 3.16. The largest absolute Gasteiger partial charge is 0.352 e. The van der Waals surface area contributed by atoms with E-state index in [1.165, 1.54) is 6.07 Å². The van der Waals surface area contributed by atoms with Crippen LogP contribution in [0.15, 0.2) is 12.1 Å². The number of hydrogen-bond donors (Lipinski definition) is 1. The number of nitrogens with one attached hydrogen (secondary N) is 1. The summed E-state index contributed by atoms with van der Waals surface area (Å²) in [6.45, 7) is 1.73. The van der Waals surface area contributed by atoms with Crippen LogP contribution in [0.1, 0.15) is 28.0 Å². The molecule has 15 heavy (non-hydrogen) atoms. The minimum Gasteiger partial charge on any atom is -0.352 e. The number of rotatable bonds is 0. The fraction of sp³-hybridized carbons (Fsp3) is 0.250. The van der Waals surface area contributed by atoms with E-state index in [0.29, 0.717) is 17.7 Å². The molecule has 1 aliphatic carbocycles. The van der Waals surface area contributed by atoms with E-state index >= 15 is 0 Å². The molecule has 0 radical (unpaired) electrons. The molecule has 0 saturated heterocycles. The SMILES string of the molecule is Cc1c(F)ccc2c3c([nH]c12)C(=O)CC3. The van der Waals surface area contributed by atoms with Crippen molar-refractivity contribution < 1.29 is 9.18 Å². The third kappa shape index (κ3) is 1.00. The molecule has 0 fully saturated rings. The van der Waals surface area contributed by atoms with Crippen molar-refractivity contribution in [1.82, 2.24) is 4.98 Å². The van der Waals surface area contributed by atoms with Gasteiger partial charge in [-0.15, -0.1) is 0 Å². The summed E-state index contributed by atoms with van der Waals surface area (Å²) in [7, 11) is 0. The number of Topliss-reactive ketones (excluding diaryl/α,β-unsaturated/α-hetero) is 1. The van der Waals surface area contributed by atoms with Gasteiger partial charge < -0.3 is 4.98 Å². The average Bonchev–Trinajstić information content (AvgIpc) is 2.74. The lowest BCUT2D eigenvalue weighted by Crippen LogP contribution is -1.92. The van der Waals surface area contributed by atoms with Crippen molar-refractivity contribution >= 4 is 16.7 Å². The van der Waals surface area contributed by atoms with Gasteiger partial charge in [0.1, 0.15) is 5.82 Å². The smallest absolute Gasteiger partial charge is 0.179 e. The maximum absolute atomic E-state index is 13.3. The number of H-pyrrole nitrogens is 1.